The minimum atomic E-state index is 0.275. The smallest absolute Gasteiger partial charge is 0.161 e. The van der Waals surface area contributed by atoms with Gasteiger partial charge in [-0.3, -0.25) is 0 Å². The molecule has 33 heavy (non-hydrogen) atoms. The van der Waals surface area contributed by atoms with Gasteiger partial charge in [0.15, 0.2) is 17.2 Å². The van der Waals surface area contributed by atoms with E-state index >= 15 is 0 Å². The van der Waals surface area contributed by atoms with E-state index in [-0.39, 0.29) is 5.69 Å². The Hall–Kier alpha value is -3.86. The number of hydrogen-bond donors (Lipinski definition) is 2. The summed E-state index contributed by atoms with van der Waals surface area (Å²) in [6.07, 6.45) is 11.3. The summed E-state index contributed by atoms with van der Waals surface area (Å²) in [5.74, 6) is 3.40. The molecule has 0 spiro atoms. The molecule has 1 aliphatic heterocycles. The van der Waals surface area contributed by atoms with Crippen LogP contribution in [-0.4, -0.2) is 34.7 Å². The lowest BCUT2D eigenvalue weighted by Crippen LogP contribution is -2.17. The lowest BCUT2D eigenvalue weighted by Gasteiger charge is -2.24. The first-order chi connectivity index (χ1) is 16.3. The van der Waals surface area contributed by atoms with Crippen LogP contribution in [0.4, 0.5) is 17.3 Å². The lowest BCUT2D eigenvalue weighted by atomic mass is 9.89. The summed E-state index contributed by atoms with van der Waals surface area (Å²) in [7, 11) is 0. The number of nitrogens with zero attached hydrogens (tertiary/aromatic N) is 4. The molecule has 1 aromatic carbocycles. The molecule has 0 saturated heterocycles. The topological polar surface area (TPSA) is 105 Å². The fourth-order valence-electron chi connectivity index (χ4n) is 4.34. The van der Waals surface area contributed by atoms with Crippen LogP contribution in [0.1, 0.15) is 37.8 Å². The summed E-state index contributed by atoms with van der Waals surface area (Å²) in [6, 6.07) is 9.97. The summed E-state index contributed by atoms with van der Waals surface area (Å²) in [5, 5.41) is 15.8. The van der Waals surface area contributed by atoms with Gasteiger partial charge in [-0.1, -0.05) is 25.3 Å². The highest BCUT2D eigenvalue weighted by Crippen LogP contribution is 2.38. The third-order valence-corrected chi connectivity index (χ3v) is 6.09. The summed E-state index contributed by atoms with van der Waals surface area (Å²) in [6.45, 7) is 2.05. The van der Waals surface area contributed by atoms with Crippen molar-refractivity contribution >= 4 is 17.3 Å². The standard InChI is InChI=1S/C25H26N6O2/c26-12-19-14-29-25(16-27-19)31-24-11-21(28-13-17-4-2-1-3-5-17)20(15-30-24)18-6-7-22-23(10-18)33-9-8-32-22/h6-7,10-11,14-17H,1-5,8-9,13H2,(H2,28,29,30,31). The number of fused-ring (bicyclic) bond motifs is 1. The Bertz CT molecular complexity index is 1150. The molecule has 2 aliphatic rings. The Labute approximate surface area is 193 Å². The van der Waals surface area contributed by atoms with Gasteiger partial charge in [0, 0.05) is 30.1 Å². The number of anilines is 3. The van der Waals surface area contributed by atoms with Gasteiger partial charge in [-0.15, -0.1) is 0 Å². The number of hydrogen-bond acceptors (Lipinski definition) is 8. The molecule has 2 N–H and O–H groups in total. The van der Waals surface area contributed by atoms with E-state index in [0.29, 0.717) is 30.8 Å². The van der Waals surface area contributed by atoms with Crippen LogP contribution in [0.25, 0.3) is 11.1 Å². The van der Waals surface area contributed by atoms with Crippen LogP contribution in [0.5, 0.6) is 11.5 Å². The van der Waals surface area contributed by atoms with Crippen molar-refractivity contribution in [2.75, 3.05) is 30.4 Å². The van der Waals surface area contributed by atoms with Gasteiger partial charge in [-0.25, -0.2) is 15.0 Å². The van der Waals surface area contributed by atoms with Crippen molar-refractivity contribution in [1.82, 2.24) is 15.0 Å². The van der Waals surface area contributed by atoms with Crippen LogP contribution in [0.15, 0.2) is 42.9 Å². The molecule has 3 aromatic rings. The van der Waals surface area contributed by atoms with E-state index in [9.17, 15) is 0 Å². The second-order valence-corrected chi connectivity index (χ2v) is 8.38. The number of aromatic nitrogens is 3. The Morgan fingerprint density at radius 1 is 0.909 bits per heavy atom. The van der Waals surface area contributed by atoms with Crippen LogP contribution in [0.2, 0.25) is 0 Å². The van der Waals surface area contributed by atoms with Crippen LogP contribution < -0.4 is 20.1 Å². The highest BCUT2D eigenvalue weighted by Gasteiger charge is 2.17. The molecule has 1 saturated carbocycles. The van der Waals surface area contributed by atoms with Gasteiger partial charge < -0.3 is 20.1 Å². The molecule has 0 radical (unpaired) electrons. The van der Waals surface area contributed by atoms with Crippen molar-refractivity contribution in [1.29, 1.82) is 5.26 Å². The maximum atomic E-state index is 8.92. The number of ether oxygens (including phenoxy) is 2. The first kappa shape index (κ1) is 21.0. The van der Waals surface area contributed by atoms with Gasteiger partial charge in [-0.2, -0.15) is 5.26 Å². The molecule has 8 nitrogen and oxygen atoms in total. The molecular weight excluding hydrogens is 416 g/mol. The van der Waals surface area contributed by atoms with Gasteiger partial charge in [0.25, 0.3) is 0 Å². The molecule has 3 heterocycles. The molecule has 168 valence electrons. The Balaban J connectivity index is 1.42. The predicted molar refractivity (Wildman–Crippen MR) is 126 cm³/mol. The van der Waals surface area contributed by atoms with Crippen LogP contribution in [-0.2, 0) is 0 Å². The molecule has 2 aromatic heterocycles. The lowest BCUT2D eigenvalue weighted by molar-refractivity contribution is 0.171. The molecule has 0 bridgehead atoms. The average molecular weight is 443 g/mol. The molecular formula is C25H26N6O2. The fraction of sp³-hybridized carbons (Fsp3) is 0.360. The average Bonchev–Trinajstić information content (AvgIpc) is 2.88. The quantitative estimate of drug-likeness (QED) is 0.554. The van der Waals surface area contributed by atoms with Gasteiger partial charge >= 0.3 is 0 Å². The van der Waals surface area contributed by atoms with Gasteiger partial charge in [0.05, 0.1) is 12.4 Å². The fourth-order valence-corrected chi connectivity index (χ4v) is 4.34. The van der Waals surface area contributed by atoms with Crippen LogP contribution in [0, 0.1) is 17.2 Å². The van der Waals surface area contributed by atoms with E-state index in [2.05, 4.69) is 25.6 Å². The van der Waals surface area contributed by atoms with Gasteiger partial charge in [-0.05, 0) is 36.5 Å². The molecule has 0 unspecified atom stereocenters. The number of nitrogens with one attached hydrogen (secondary N) is 2. The maximum Gasteiger partial charge on any atom is 0.161 e. The molecule has 0 amide bonds. The van der Waals surface area contributed by atoms with E-state index < -0.39 is 0 Å². The third-order valence-electron chi connectivity index (χ3n) is 6.09. The highest BCUT2D eigenvalue weighted by molar-refractivity contribution is 5.81. The second-order valence-electron chi connectivity index (χ2n) is 8.38. The summed E-state index contributed by atoms with van der Waals surface area (Å²) < 4.78 is 11.5. The third kappa shape index (κ3) is 4.98. The van der Waals surface area contributed by atoms with E-state index in [0.717, 1.165) is 34.9 Å². The van der Waals surface area contributed by atoms with Gasteiger partial charge in [0.2, 0.25) is 0 Å². The zero-order valence-corrected chi connectivity index (χ0v) is 18.4. The molecule has 5 rings (SSSR count). The highest BCUT2D eigenvalue weighted by atomic mass is 16.6. The molecule has 8 heteroatoms. The summed E-state index contributed by atoms with van der Waals surface area (Å²) >= 11 is 0. The molecule has 0 atom stereocenters. The number of nitriles is 1. The predicted octanol–water partition coefficient (Wildman–Crippen LogP) is 4.92. The summed E-state index contributed by atoms with van der Waals surface area (Å²) in [5.41, 5.74) is 3.29. The van der Waals surface area contributed by atoms with E-state index in [1.807, 2.05) is 36.5 Å². The molecule has 1 aliphatic carbocycles. The van der Waals surface area contributed by atoms with Crippen molar-refractivity contribution in [3.8, 4) is 28.7 Å². The Morgan fingerprint density at radius 2 is 1.73 bits per heavy atom. The zero-order chi connectivity index (χ0) is 22.5. The van der Waals surface area contributed by atoms with Crippen molar-refractivity contribution < 1.29 is 9.47 Å². The first-order valence-corrected chi connectivity index (χ1v) is 11.4. The number of pyridine rings is 1. The molecule has 1 fully saturated rings. The summed E-state index contributed by atoms with van der Waals surface area (Å²) in [4.78, 5) is 12.9. The van der Waals surface area contributed by atoms with Gasteiger partial charge in [0.1, 0.15) is 30.9 Å². The monoisotopic (exact) mass is 442 g/mol. The number of benzene rings is 1. The second kappa shape index (κ2) is 9.74. The largest absolute Gasteiger partial charge is 0.486 e. The van der Waals surface area contributed by atoms with Crippen molar-refractivity contribution in [2.24, 2.45) is 5.92 Å². The van der Waals surface area contributed by atoms with Crippen molar-refractivity contribution in [3.05, 3.63) is 48.5 Å². The maximum absolute atomic E-state index is 8.92. The van der Waals surface area contributed by atoms with E-state index in [1.165, 1.54) is 44.5 Å². The minimum absolute atomic E-state index is 0.275. The van der Waals surface area contributed by atoms with Crippen molar-refractivity contribution in [3.63, 3.8) is 0 Å². The minimum Gasteiger partial charge on any atom is -0.486 e. The first-order valence-electron chi connectivity index (χ1n) is 11.4. The normalized spacial score (nSPS) is 15.5. The van der Waals surface area contributed by atoms with E-state index in [4.69, 9.17) is 14.7 Å². The zero-order valence-electron chi connectivity index (χ0n) is 18.4. The van der Waals surface area contributed by atoms with Crippen LogP contribution in [0.3, 0.4) is 0 Å². The van der Waals surface area contributed by atoms with Crippen LogP contribution >= 0.6 is 0 Å². The Morgan fingerprint density at radius 3 is 2.52 bits per heavy atom. The van der Waals surface area contributed by atoms with Crippen molar-refractivity contribution in [2.45, 2.75) is 32.1 Å². The Kier molecular flexibility index (Phi) is 6.20. The SMILES string of the molecule is N#Cc1cnc(Nc2cc(NCC3CCCCC3)c(-c3ccc4c(c3)OCCO4)cn2)cn1. The van der Waals surface area contributed by atoms with E-state index in [1.54, 1.807) is 0 Å². The number of rotatable bonds is 6.